The predicted octanol–water partition coefficient (Wildman–Crippen LogP) is 4.26. The zero-order chi connectivity index (χ0) is 21.7. The molecule has 3 atom stereocenters. The van der Waals surface area contributed by atoms with E-state index in [-0.39, 0.29) is 29.6 Å². The first-order chi connectivity index (χ1) is 15.7. The number of hydrazine groups is 1. The summed E-state index contributed by atoms with van der Waals surface area (Å²) >= 11 is 0. The van der Waals surface area contributed by atoms with Gasteiger partial charge >= 0.3 is 0 Å². The normalized spacial score (nSPS) is 23.6. The van der Waals surface area contributed by atoms with Gasteiger partial charge < -0.3 is 14.4 Å². The van der Waals surface area contributed by atoms with Crippen LogP contribution in [0.5, 0.6) is 11.5 Å². The van der Waals surface area contributed by atoms with Crippen molar-refractivity contribution in [1.29, 1.82) is 0 Å². The maximum Gasteiger partial charge on any atom is 0.163 e. The third-order valence-corrected chi connectivity index (χ3v) is 6.56. The number of benzene rings is 3. The Morgan fingerprint density at radius 2 is 1.44 bits per heavy atom. The highest BCUT2D eigenvalue weighted by Gasteiger charge is 2.44. The molecule has 3 aliphatic rings. The first-order valence-corrected chi connectivity index (χ1v) is 10.9. The number of rotatable bonds is 3. The van der Waals surface area contributed by atoms with Crippen molar-refractivity contribution in [2.24, 2.45) is 5.92 Å². The van der Waals surface area contributed by atoms with Gasteiger partial charge in [-0.1, -0.05) is 24.3 Å². The van der Waals surface area contributed by atoms with E-state index in [1.165, 1.54) is 24.3 Å². The van der Waals surface area contributed by atoms with Gasteiger partial charge in [0.25, 0.3) is 0 Å². The van der Waals surface area contributed by atoms with E-state index in [2.05, 4.69) is 27.9 Å². The van der Waals surface area contributed by atoms with E-state index in [1.807, 2.05) is 24.3 Å². The number of ether oxygens (including phenoxy) is 2. The molecule has 0 bridgehead atoms. The van der Waals surface area contributed by atoms with Crippen LogP contribution in [0.2, 0.25) is 0 Å². The van der Waals surface area contributed by atoms with E-state index in [0.29, 0.717) is 19.8 Å². The largest absolute Gasteiger partial charge is 0.486 e. The van der Waals surface area contributed by atoms with Crippen LogP contribution in [0.4, 0.5) is 14.5 Å². The quantitative estimate of drug-likeness (QED) is 0.644. The van der Waals surface area contributed by atoms with Crippen molar-refractivity contribution in [3.63, 3.8) is 0 Å². The lowest BCUT2D eigenvalue weighted by Gasteiger charge is -2.40. The van der Waals surface area contributed by atoms with Crippen LogP contribution in [-0.4, -0.2) is 19.8 Å². The van der Waals surface area contributed by atoms with Gasteiger partial charge in [0.1, 0.15) is 24.8 Å². The van der Waals surface area contributed by atoms with Crippen LogP contribution >= 0.6 is 0 Å². The van der Waals surface area contributed by atoms with Crippen LogP contribution in [-0.2, 0) is 6.54 Å². The Morgan fingerprint density at radius 1 is 0.812 bits per heavy atom. The molecule has 3 aliphatic heterocycles. The molecule has 0 saturated carbocycles. The van der Waals surface area contributed by atoms with Crippen LogP contribution in [0.1, 0.15) is 28.8 Å². The topological polar surface area (TPSA) is 45.8 Å². The molecule has 3 aromatic carbocycles. The van der Waals surface area contributed by atoms with Gasteiger partial charge in [-0.15, -0.1) is 0 Å². The number of halogens is 2. The fourth-order valence-electron chi connectivity index (χ4n) is 5.04. The number of fused-ring (bicyclic) bond motifs is 4. The van der Waals surface area contributed by atoms with E-state index < -0.39 is 0 Å². The summed E-state index contributed by atoms with van der Waals surface area (Å²) in [5.41, 5.74) is 11.2. The van der Waals surface area contributed by atoms with E-state index in [9.17, 15) is 8.78 Å². The molecule has 2 N–H and O–H groups in total. The Labute approximate surface area is 184 Å². The molecule has 7 heteroatoms. The molecule has 3 heterocycles. The standard InChI is InChI=1S/C25H23F2N3O2/c26-17-5-1-15(2-6-17)13-30-14-20-24(16-3-7-18(27)8-4-16)28-29-25(20)19-11-22-23(12-21(19)30)32-10-9-31-22/h1-8,11-12,20,24-25,28-29H,9-10,13-14H2. The minimum Gasteiger partial charge on any atom is -0.486 e. The molecule has 3 aromatic rings. The highest BCUT2D eigenvalue weighted by molar-refractivity contribution is 5.65. The lowest BCUT2D eigenvalue weighted by atomic mass is 9.81. The van der Waals surface area contributed by atoms with Crippen molar-refractivity contribution in [2.75, 3.05) is 24.7 Å². The first-order valence-electron chi connectivity index (χ1n) is 10.9. The summed E-state index contributed by atoms with van der Waals surface area (Å²) in [5, 5.41) is 0. The minimum absolute atomic E-state index is 0.0256. The van der Waals surface area contributed by atoms with E-state index in [1.54, 1.807) is 0 Å². The molecular formula is C25H23F2N3O2. The molecule has 0 spiro atoms. The van der Waals surface area contributed by atoms with E-state index in [0.717, 1.165) is 40.4 Å². The van der Waals surface area contributed by atoms with Crippen LogP contribution in [0, 0.1) is 17.6 Å². The van der Waals surface area contributed by atoms with Crippen molar-refractivity contribution in [3.8, 4) is 11.5 Å². The van der Waals surface area contributed by atoms with E-state index in [4.69, 9.17) is 9.47 Å². The van der Waals surface area contributed by atoms with Crippen molar-refractivity contribution >= 4 is 5.69 Å². The molecule has 1 saturated heterocycles. The Hall–Kier alpha value is -3.16. The molecule has 5 nitrogen and oxygen atoms in total. The number of nitrogens with zero attached hydrogens (tertiary/aromatic N) is 1. The second kappa shape index (κ2) is 7.76. The number of hydrogen-bond acceptors (Lipinski definition) is 5. The van der Waals surface area contributed by atoms with Gasteiger partial charge in [-0.05, 0) is 47.0 Å². The van der Waals surface area contributed by atoms with Crippen LogP contribution in [0.15, 0.2) is 60.7 Å². The van der Waals surface area contributed by atoms with Gasteiger partial charge in [-0.2, -0.15) is 0 Å². The van der Waals surface area contributed by atoms with Crippen LogP contribution < -0.4 is 25.2 Å². The molecule has 164 valence electrons. The van der Waals surface area contributed by atoms with E-state index >= 15 is 0 Å². The Morgan fingerprint density at radius 3 is 2.16 bits per heavy atom. The molecule has 0 aliphatic carbocycles. The van der Waals surface area contributed by atoms with Crippen molar-refractivity contribution in [1.82, 2.24) is 10.9 Å². The molecule has 0 radical (unpaired) electrons. The zero-order valence-corrected chi connectivity index (χ0v) is 17.4. The molecule has 6 rings (SSSR count). The highest BCUT2D eigenvalue weighted by Crippen LogP contribution is 2.49. The summed E-state index contributed by atoms with van der Waals surface area (Å²) in [6.45, 7) is 2.48. The smallest absolute Gasteiger partial charge is 0.163 e. The molecule has 0 amide bonds. The van der Waals surface area contributed by atoms with Crippen molar-refractivity contribution in [3.05, 3.63) is 89.0 Å². The van der Waals surface area contributed by atoms with Crippen LogP contribution in [0.3, 0.4) is 0 Å². The average molecular weight is 435 g/mol. The summed E-state index contributed by atoms with van der Waals surface area (Å²) in [7, 11) is 0. The second-order valence-corrected chi connectivity index (χ2v) is 8.52. The molecule has 3 unspecified atom stereocenters. The summed E-state index contributed by atoms with van der Waals surface area (Å²) in [6, 6.07) is 17.5. The maximum absolute atomic E-state index is 13.5. The van der Waals surface area contributed by atoms with Gasteiger partial charge in [-0.3, -0.25) is 0 Å². The molecule has 1 fully saturated rings. The maximum atomic E-state index is 13.5. The third kappa shape index (κ3) is 3.38. The number of anilines is 1. The monoisotopic (exact) mass is 435 g/mol. The van der Waals surface area contributed by atoms with Gasteiger partial charge in [0.15, 0.2) is 11.5 Å². The fourth-order valence-corrected chi connectivity index (χ4v) is 5.04. The number of nitrogens with one attached hydrogen (secondary N) is 2. The fraction of sp³-hybridized carbons (Fsp3) is 0.280. The SMILES string of the molecule is Fc1ccc(CN2CC3C(c4ccc(F)cc4)NNC3c3cc4c(cc32)OCCO4)cc1. The Balaban J connectivity index is 1.40. The van der Waals surface area contributed by atoms with Gasteiger partial charge in [0.2, 0.25) is 0 Å². The molecule has 32 heavy (non-hydrogen) atoms. The lowest BCUT2D eigenvalue weighted by molar-refractivity contribution is 0.171. The van der Waals surface area contributed by atoms with Gasteiger partial charge in [-0.25, -0.2) is 19.6 Å². The van der Waals surface area contributed by atoms with Crippen molar-refractivity contribution in [2.45, 2.75) is 18.6 Å². The van der Waals surface area contributed by atoms with Crippen LogP contribution in [0.25, 0.3) is 0 Å². The lowest BCUT2D eigenvalue weighted by Crippen LogP contribution is -2.39. The van der Waals surface area contributed by atoms with Gasteiger partial charge in [0, 0.05) is 30.8 Å². The molecule has 0 aromatic heterocycles. The predicted molar refractivity (Wildman–Crippen MR) is 117 cm³/mol. The summed E-state index contributed by atoms with van der Waals surface area (Å²) in [4.78, 5) is 2.31. The zero-order valence-electron chi connectivity index (χ0n) is 17.4. The molecular weight excluding hydrogens is 412 g/mol. The van der Waals surface area contributed by atoms with Crippen molar-refractivity contribution < 1.29 is 18.3 Å². The third-order valence-electron chi connectivity index (χ3n) is 6.56. The second-order valence-electron chi connectivity index (χ2n) is 8.52. The van der Waals surface area contributed by atoms with Gasteiger partial charge in [0.05, 0.1) is 12.1 Å². The highest BCUT2D eigenvalue weighted by atomic mass is 19.1. The summed E-state index contributed by atoms with van der Waals surface area (Å²) < 4.78 is 38.6. The minimum atomic E-state index is -0.244. The average Bonchev–Trinajstić information content (AvgIpc) is 3.24. The summed E-state index contributed by atoms with van der Waals surface area (Å²) in [5.74, 6) is 1.22. The Kier molecular flexibility index (Phi) is 4.73. The summed E-state index contributed by atoms with van der Waals surface area (Å²) in [6.07, 6.45) is 0. The Bertz CT molecular complexity index is 1140. The first kappa shape index (κ1) is 19.5. The number of hydrogen-bond donors (Lipinski definition) is 2.